The quantitative estimate of drug-likeness (QED) is 0.806. The summed E-state index contributed by atoms with van der Waals surface area (Å²) in [5.41, 5.74) is 3.34. The van der Waals surface area contributed by atoms with Crippen LogP contribution in [0.15, 0.2) is 42.7 Å². The van der Waals surface area contributed by atoms with E-state index in [4.69, 9.17) is 4.74 Å². The van der Waals surface area contributed by atoms with Crippen LogP contribution in [0.1, 0.15) is 16.7 Å². The largest absolute Gasteiger partial charge is 0.492 e. The Bertz CT molecular complexity index is 594. The standard InChI is InChI=1S/C17H21N3O2/c1-13-9-14(2)11-16(10-13)22-8-7-19-17(21)20-12-15-3-5-18-6-4-15/h3-6,9-11H,7-8,12H2,1-2H3,(H2,19,20,21). The lowest BCUT2D eigenvalue weighted by Crippen LogP contribution is -2.37. The van der Waals surface area contributed by atoms with Crippen molar-refractivity contribution in [3.8, 4) is 5.75 Å². The Morgan fingerprint density at radius 2 is 1.77 bits per heavy atom. The molecule has 116 valence electrons. The molecule has 5 heteroatoms. The Kier molecular flexibility index (Phi) is 5.77. The zero-order valence-corrected chi connectivity index (χ0v) is 12.9. The highest BCUT2D eigenvalue weighted by atomic mass is 16.5. The molecule has 1 heterocycles. The second-order valence-corrected chi connectivity index (χ2v) is 5.14. The predicted octanol–water partition coefficient (Wildman–Crippen LogP) is 2.58. The normalized spacial score (nSPS) is 10.1. The SMILES string of the molecule is Cc1cc(C)cc(OCCNC(=O)NCc2ccncc2)c1. The van der Waals surface area contributed by atoms with Gasteiger partial charge >= 0.3 is 6.03 Å². The highest BCUT2D eigenvalue weighted by Gasteiger charge is 2.01. The van der Waals surface area contributed by atoms with E-state index in [9.17, 15) is 4.79 Å². The first-order valence-corrected chi connectivity index (χ1v) is 7.25. The number of amides is 2. The molecule has 0 radical (unpaired) electrons. The van der Waals surface area contributed by atoms with Crippen LogP contribution in [0.2, 0.25) is 0 Å². The van der Waals surface area contributed by atoms with Crippen molar-refractivity contribution in [2.75, 3.05) is 13.2 Å². The van der Waals surface area contributed by atoms with Gasteiger partial charge in [-0.3, -0.25) is 4.98 Å². The molecule has 0 unspecified atom stereocenters. The number of nitrogens with zero attached hydrogens (tertiary/aromatic N) is 1. The van der Waals surface area contributed by atoms with Gasteiger partial charge in [0.05, 0.1) is 6.54 Å². The van der Waals surface area contributed by atoms with E-state index >= 15 is 0 Å². The van der Waals surface area contributed by atoms with Crippen LogP contribution in [0.3, 0.4) is 0 Å². The number of carbonyl (C=O) groups excluding carboxylic acids is 1. The van der Waals surface area contributed by atoms with Gasteiger partial charge in [-0.2, -0.15) is 0 Å². The van der Waals surface area contributed by atoms with Crippen LogP contribution >= 0.6 is 0 Å². The molecule has 0 saturated heterocycles. The minimum absolute atomic E-state index is 0.208. The summed E-state index contributed by atoms with van der Waals surface area (Å²) in [5, 5.41) is 5.54. The number of nitrogens with one attached hydrogen (secondary N) is 2. The van der Waals surface area contributed by atoms with Crippen molar-refractivity contribution < 1.29 is 9.53 Å². The highest BCUT2D eigenvalue weighted by Crippen LogP contribution is 2.15. The molecule has 22 heavy (non-hydrogen) atoms. The van der Waals surface area contributed by atoms with Crippen molar-refractivity contribution in [1.29, 1.82) is 0 Å². The predicted molar refractivity (Wildman–Crippen MR) is 85.9 cm³/mol. The van der Waals surface area contributed by atoms with Crippen molar-refractivity contribution >= 4 is 6.03 Å². The zero-order chi connectivity index (χ0) is 15.8. The summed E-state index contributed by atoms with van der Waals surface area (Å²) < 4.78 is 5.63. The van der Waals surface area contributed by atoms with Gasteiger partial charge in [0.1, 0.15) is 12.4 Å². The summed E-state index contributed by atoms with van der Waals surface area (Å²) in [6, 6.07) is 9.58. The number of hydrogen-bond acceptors (Lipinski definition) is 3. The first-order valence-electron chi connectivity index (χ1n) is 7.25. The molecule has 2 amide bonds. The van der Waals surface area contributed by atoms with E-state index in [1.807, 2.05) is 38.1 Å². The third kappa shape index (κ3) is 5.44. The van der Waals surface area contributed by atoms with Gasteiger partial charge in [0.2, 0.25) is 0 Å². The summed E-state index contributed by atoms with van der Waals surface area (Å²) in [6.07, 6.45) is 3.40. The second-order valence-electron chi connectivity index (χ2n) is 5.14. The lowest BCUT2D eigenvalue weighted by atomic mass is 10.1. The molecule has 1 aromatic heterocycles. The number of rotatable bonds is 6. The lowest BCUT2D eigenvalue weighted by Gasteiger charge is -2.10. The molecule has 2 rings (SSSR count). The van der Waals surface area contributed by atoms with Crippen LogP contribution < -0.4 is 15.4 Å². The van der Waals surface area contributed by atoms with Crippen molar-refractivity contribution in [2.24, 2.45) is 0 Å². The Labute approximate surface area is 130 Å². The molecule has 5 nitrogen and oxygen atoms in total. The fourth-order valence-corrected chi connectivity index (χ4v) is 2.10. The molecule has 0 aliphatic carbocycles. The maximum atomic E-state index is 11.6. The van der Waals surface area contributed by atoms with Crippen molar-refractivity contribution in [3.05, 3.63) is 59.4 Å². The lowest BCUT2D eigenvalue weighted by molar-refractivity contribution is 0.236. The van der Waals surface area contributed by atoms with Gasteiger partial charge < -0.3 is 15.4 Å². The highest BCUT2D eigenvalue weighted by molar-refractivity contribution is 5.73. The Morgan fingerprint density at radius 1 is 1.09 bits per heavy atom. The monoisotopic (exact) mass is 299 g/mol. The van der Waals surface area contributed by atoms with Gasteiger partial charge in [-0.15, -0.1) is 0 Å². The summed E-state index contributed by atoms with van der Waals surface area (Å²) in [4.78, 5) is 15.6. The molecule has 0 atom stereocenters. The minimum Gasteiger partial charge on any atom is -0.492 e. The Morgan fingerprint density at radius 3 is 2.45 bits per heavy atom. The van der Waals surface area contributed by atoms with Gasteiger partial charge in [-0.05, 0) is 54.8 Å². The third-order valence-corrected chi connectivity index (χ3v) is 3.05. The van der Waals surface area contributed by atoms with Crippen LogP contribution in [0.4, 0.5) is 4.79 Å². The summed E-state index contributed by atoms with van der Waals surface area (Å²) in [6.45, 7) is 5.43. The van der Waals surface area contributed by atoms with Gasteiger partial charge in [-0.1, -0.05) is 6.07 Å². The number of ether oxygens (including phenoxy) is 1. The molecule has 2 aromatic rings. The van der Waals surface area contributed by atoms with Crippen molar-refractivity contribution in [3.63, 3.8) is 0 Å². The average Bonchev–Trinajstić information content (AvgIpc) is 2.50. The van der Waals surface area contributed by atoms with Gasteiger partial charge in [0.25, 0.3) is 0 Å². The average molecular weight is 299 g/mol. The molecule has 0 saturated carbocycles. The van der Waals surface area contributed by atoms with E-state index in [1.165, 1.54) is 0 Å². The van der Waals surface area contributed by atoms with E-state index < -0.39 is 0 Å². The van der Waals surface area contributed by atoms with E-state index in [1.54, 1.807) is 12.4 Å². The van der Waals surface area contributed by atoms with Crippen LogP contribution in [0, 0.1) is 13.8 Å². The second kappa shape index (κ2) is 8.02. The van der Waals surface area contributed by atoms with Gasteiger partial charge in [0, 0.05) is 18.9 Å². The zero-order valence-electron chi connectivity index (χ0n) is 12.9. The number of carbonyl (C=O) groups is 1. The Balaban J connectivity index is 1.64. The number of urea groups is 1. The number of aryl methyl sites for hydroxylation is 2. The smallest absolute Gasteiger partial charge is 0.315 e. The number of benzene rings is 1. The summed E-state index contributed by atoms with van der Waals surface area (Å²) in [5.74, 6) is 0.830. The molecule has 0 aliphatic rings. The first-order chi connectivity index (χ1) is 10.6. The summed E-state index contributed by atoms with van der Waals surface area (Å²) >= 11 is 0. The number of hydrogen-bond donors (Lipinski definition) is 2. The van der Waals surface area contributed by atoms with Crippen molar-refractivity contribution in [1.82, 2.24) is 15.6 Å². The maximum Gasteiger partial charge on any atom is 0.315 e. The fraction of sp³-hybridized carbons (Fsp3) is 0.294. The molecular formula is C17H21N3O2. The summed E-state index contributed by atoms with van der Waals surface area (Å²) in [7, 11) is 0. The number of pyridine rings is 1. The van der Waals surface area contributed by atoms with Crippen molar-refractivity contribution in [2.45, 2.75) is 20.4 Å². The van der Waals surface area contributed by atoms with E-state index in [0.717, 1.165) is 22.4 Å². The van der Waals surface area contributed by atoms with Gasteiger partial charge in [0.15, 0.2) is 0 Å². The van der Waals surface area contributed by atoms with Crippen LogP contribution in [0.5, 0.6) is 5.75 Å². The minimum atomic E-state index is -0.208. The Hall–Kier alpha value is -2.56. The fourth-order valence-electron chi connectivity index (χ4n) is 2.10. The number of aromatic nitrogens is 1. The van der Waals surface area contributed by atoms with Gasteiger partial charge in [-0.25, -0.2) is 4.79 Å². The molecule has 2 N–H and O–H groups in total. The topological polar surface area (TPSA) is 63.2 Å². The van der Waals surface area contributed by atoms with Crippen LogP contribution in [-0.2, 0) is 6.54 Å². The van der Waals surface area contributed by atoms with E-state index in [2.05, 4.69) is 21.7 Å². The van der Waals surface area contributed by atoms with E-state index in [0.29, 0.717) is 19.7 Å². The van der Waals surface area contributed by atoms with Crippen LogP contribution in [-0.4, -0.2) is 24.2 Å². The molecule has 0 aliphatic heterocycles. The van der Waals surface area contributed by atoms with Crippen LogP contribution in [0.25, 0.3) is 0 Å². The first kappa shape index (κ1) is 15.8. The molecule has 0 fully saturated rings. The molecule has 0 bridgehead atoms. The molecule has 0 spiro atoms. The molecular weight excluding hydrogens is 278 g/mol. The van der Waals surface area contributed by atoms with E-state index in [-0.39, 0.29) is 6.03 Å². The third-order valence-electron chi connectivity index (χ3n) is 3.05. The molecule has 1 aromatic carbocycles. The maximum absolute atomic E-state index is 11.6.